The zero-order chi connectivity index (χ0) is 22.9. The molecule has 10 nitrogen and oxygen atoms in total. The Hall–Kier alpha value is -2.83. The normalized spacial score (nSPS) is 17.3. The second-order valence-corrected chi connectivity index (χ2v) is 9.53. The molecule has 1 atom stereocenters. The molecule has 31 heavy (non-hydrogen) atoms. The number of hydrogen-bond donors (Lipinski definition) is 2. The Morgan fingerprint density at radius 2 is 1.97 bits per heavy atom. The molecule has 2 heterocycles. The summed E-state index contributed by atoms with van der Waals surface area (Å²) in [4.78, 5) is 31.5. The fourth-order valence-electron chi connectivity index (χ4n) is 3.31. The van der Waals surface area contributed by atoms with E-state index in [2.05, 4.69) is 10.3 Å². The van der Waals surface area contributed by atoms with Gasteiger partial charge < -0.3 is 15.3 Å². The van der Waals surface area contributed by atoms with Gasteiger partial charge in [0.15, 0.2) is 5.69 Å². The number of aromatic hydroxyl groups is 1. The van der Waals surface area contributed by atoms with Gasteiger partial charge in [-0.25, -0.2) is 17.8 Å². The number of nitrogens with zero attached hydrogens (tertiary/aromatic N) is 4. The van der Waals surface area contributed by atoms with Crippen LogP contribution in [0.25, 0.3) is 0 Å². The topological polar surface area (TPSA) is 125 Å². The fraction of sp³-hybridized carbons (Fsp3) is 0.421. The van der Waals surface area contributed by atoms with Crippen molar-refractivity contribution in [2.24, 2.45) is 0 Å². The molecule has 1 unspecified atom stereocenters. The lowest BCUT2D eigenvalue weighted by Gasteiger charge is -2.27. The van der Waals surface area contributed by atoms with Gasteiger partial charge in [-0.3, -0.25) is 14.2 Å². The lowest BCUT2D eigenvalue weighted by atomic mass is 10.2. The molecule has 2 N–H and O–H groups in total. The second-order valence-electron chi connectivity index (χ2n) is 7.49. The van der Waals surface area contributed by atoms with Crippen LogP contribution in [0.3, 0.4) is 0 Å². The van der Waals surface area contributed by atoms with E-state index in [-0.39, 0.29) is 25.5 Å². The van der Waals surface area contributed by atoms with E-state index in [0.717, 1.165) is 10.6 Å². The highest BCUT2D eigenvalue weighted by Gasteiger charge is 2.34. The number of carbonyl (C=O) groups excluding carboxylic acids is 1. The number of halogens is 1. The van der Waals surface area contributed by atoms with Crippen LogP contribution in [0.4, 0.5) is 4.39 Å². The van der Waals surface area contributed by atoms with E-state index in [1.807, 2.05) is 4.90 Å². The molecular formula is C19H24FN5O5S. The summed E-state index contributed by atoms with van der Waals surface area (Å²) in [5.41, 5.74) is -0.703. The Bertz CT molecular complexity index is 1150. The lowest BCUT2D eigenvalue weighted by molar-refractivity contribution is 0.0941. The summed E-state index contributed by atoms with van der Waals surface area (Å²) in [7, 11) is -0.487. The summed E-state index contributed by atoms with van der Waals surface area (Å²) >= 11 is 0. The first-order valence-electron chi connectivity index (χ1n) is 9.47. The van der Waals surface area contributed by atoms with Crippen molar-refractivity contribution >= 4 is 15.9 Å². The first-order valence-corrected chi connectivity index (χ1v) is 11.3. The minimum atomic E-state index is -3.63. The largest absolute Gasteiger partial charge is 0.501 e. The number of sulfonamides is 1. The third kappa shape index (κ3) is 4.92. The van der Waals surface area contributed by atoms with Crippen molar-refractivity contribution in [3.8, 4) is 5.75 Å². The molecule has 1 aromatic heterocycles. The Kier molecular flexibility index (Phi) is 6.43. The molecule has 1 aliphatic rings. The molecule has 0 bridgehead atoms. The van der Waals surface area contributed by atoms with Gasteiger partial charge in [-0.05, 0) is 24.7 Å². The lowest BCUT2D eigenvalue weighted by Crippen LogP contribution is -2.39. The van der Waals surface area contributed by atoms with Crippen molar-refractivity contribution in [3.05, 3.63) is 57.5 Å². The van der Waals surface area contributed by atoms with Crippen LogP contribution in [-0.4, -0.2) is 71.6 Å². The number of amides is 1. The number of rotatable bonds is 5. The van der Waals surface area contributed by atoms with Crippen LogP contribution in [0.5, 0.6) is 5.75 Å². The van der Waals surface area contributed by atoms with E-state index in [1.54, 1.807) is 7.05 Å². The maximum atomic E-state index is 13.0. The highest BCUT2D eigenvalue weighted by atomic mass is 32.2. The number of benzene rings is 1. The predicted octanol–water partition coefficient (Wildman–Crippen LogP) is -0.104. The van der Waals surface area contributed by atoms with E-state index >= 15 is 0 Å². The third-order valence-electron chi connectivity index (χ3n) is 5.21. The molecule has 0 spiro atoms. The quantitative estimate of drug-likeness (QED) is 0.648. The van der Waals surface area contributed by atoms with Gasteiger partial charge in [-0.15, -0.1) is 0 Å². The van der Waals surface area contributed by atoms with Crippen molar-refractivity contribution < 1.29 is 22.7 Å². The SMILES string of the molecule is CN1CCn2c(nc(C(=O)NCc3ccc(F)cc3)c(O)c2=O)C(N(C)S(C)(=O)=O)C1. The molecule has 0 saturated heterocycles. The van der Waals surface area contributed by atoms with Crippen molar-refractivity contribution in [1.82, 2.24) is 24.1 Å². The van der Waals surface area contributed by atoms with E-state index in [4.69, 9.17) is 0 Å². The number of fused-ring (bicyclic) bond motifs is 1. The summed E-state index contributed by atoms with van der Waals surface area (Å²) in [6, 6.07) is 4.63. The molecule has 0 fully saturated rings. The maximum Gasteiger partial charge on any atom is 0.296 e. The van der Waals surface area contributed by atoms with Crippen LogP contribution in [0.2, 0.25) is 0 Å². The third-order valence-corrected chi connectivity index (χ3v) is 6.51. The van der Waals surface area contributed by atoms with Crippen molar-refractivity contribution in [3.63, 3.8) is 0 Å². The molecule has 1 amide bonds. The fourth-order valence-corrected chi connectivity index (χ4v) is 3.93. The first kappa shape index (κ1) is 22.8. The van der Waals surface area contributed by atoms with Crippen molar-refractivity contribution in [1.29, 1.82) is 0 Å². The molecular weight excluding hydrogens is 429 g/mol. The van der Waals surface area contributed by atoms with Gasteiger partial charge in [-0.2, -0.15) is 4.31 Å². The summed E-state index contributed by atoms with van der Waals surface area (Å²) in [6.07, 6.45) is 1.04. The monoisotopic (exact) mass is 453 g/mol. The Balaban J connectivity index is 1.99. The molecule has 0 aliphatic carbocycles. The van der Waals surface area contributed by atoms with Gasteiger partial charge in [0, 0.05) is 33.2 Å². The van der Waals surface area contributed by atoms with E-state index < -0.39 is 44.8 Å². The van der Waals surface area contributed by atoms with Gasteiger partial charge in [0.05, 0.1) is 12.3 Å². The van der Waals surface area contributed by atoms with Crippen molar-refractivity contribution in [2.75, 3.05) is 33.4 Å². The van der Waals surface area contributed by atoms with E-state index in [0.29, 0.717) is 12.1 Å². The summed E-state index contributed by atoms with van der Waals surface area (Å²) in [5.74, 6) is -1.96. The van der Waals surface area contributed by atoms with Crippen molar-refractivity contribution in [2.45, 2.75) is 19.1 Å². The highest BCUT2D eigenvalue weighted by Crippen LogP contribution is 2.25. The molecule has 3 rings (SSSR count). The van der Waals surface area contributed by atoms with Gasteiger partial charge in [0.1, 0.15) is 11.6 Å². The Morgan fingerprint density at radius 3 is 2.58 bits per heavy atom. The standard InChI is InChI=1S/C19H24FN5O5S/c1-23-8-9-25-17(14(11-23)24(2)31(3,29)30)22-15(16(26)19(25)28)18(27)21-10-12-4-6-13(20)7-5-12/h4-7,14,26H,8-11H2,1-3H3,(H,21,27). The van der Waals surface area contributed by atoms with Gasteiger partial charge in [-0.1, -0.05) is 12.1 Å². The van der Waals surface area contributed by atoms with E-state index in [9.17, 15) is 27.5 Å². The maximum absolute atomic E-state index is 13.0. The predicted molar refractivity (Wildman–Crippen MR) is 111 cm³/mol. The molecule has 0 radical (unpaired) electrons. The number of carbonyl (C=O) groups is 1. The first-order chi connectivity index (χ1) is 14.5. The van der Waals surface area contributed by atoms with Crippen LogP contribution in [0.1, 0.15) is 27.9 Å². The molecule has 168 valence electrons. The van der Waals surface area contributed by atoms with Gasteiger partial charge in [0.25, 0.3) is 11.5 Å². The van der Waals surface area contributed by atoms with Crippen LogP contribution in [-0.2, 0) is 23.1 Å². The number of hydrogen-bond acceptors (Lipinski definition) is 7. The van der Waals surface area contributed by atoms with Gasteiger partial charge in [0.2, 0.25) is 15.8 Å². The minimum absolute atomic E-state index is 0.0219. The molecule has 2 aromatic rings. The summed E-state index contributed by atoms with van der Waals surface area (Å²) in [6.45, 7) is 0.876. The molecule has 12 heteroatoms. The van der Waals surface area contributed by atoms with Gasteiger partial charge >= 0.3 is 0 Å². The second kappa shape index (κ2) is 8.73. The van der Waals surface area contributed by atoms with Crippen LogP contribution in [0.15, 0.2) is 29.1 Å². The number of nitrogens with one attached hydrogen (secondary N) is 1. The summed E-state index contributed by atoms with van der Waals surface area (Å²) < 4.78 is 39.6. The Labute approximate surface area is 179 Å². The van der Waals surface area contributed by atoms with E-state index in [1.165, 1.54) is 35.9 Å². The van der Waals surface area contributed by atoms with Crippen LogP contribution in [0, 0.1) is 5.82 Å². The van der Waals surface area contributed by atoms with Crippen LogP contribution < -0.4 is 10.9 Å². The Morgan fingerprint density at radius 1 is 1.32 bits per heavy atom. The minimum Gasteiger partial charge on any atom is -0.501 e. The average Bonchev–Trinajstić information content (AvgIpc) is 2.87. The average molecular weight is 453 g/mol. The molecule has 1 aliphatic heterocycles. The zero-order valence-corrected chi connectivity index (χ0v) is 18.2. The smallest absolute Gasteiger partial charge is 0.296 e. The zero-order valence-electron chi connectivity index (χ0n) is 17.4. The molecule has 1 aromatic carbocycles. The highest BCUT2D eigenvalue weighted by molar-refractivity contribution is 7.88. The number of aromatic nitrogens is 2. The summed E-state index contributed by atoms with van der Waals surface area (Å²) in [5, 5.41) is 12.9. The van der Waals surface area contributed by atoms with Crippen LogP contribution >= 0.6 is 0 Å². The number of likely N-dealkylation sites (N-methyl/N-ethyl adjacent to an activating group) is 2. The molecule has 0 saturated carbocycles.